The van der Waals surface area contributed by atoms with Crippen LogP contribution in [0.25, 0.3) is 0 Å². The summed E-state index contributed by atoms with van der Waals surface area (Å²) in [5.41, 5.74) is 0. The second-order valence-corrected chi connectivity index (χ2v) is 3.28. The van der Waals surface area contributed by atoms with Gasteiger partial charge in [-0.05, 0) is 33.6 Å². The first kappa shape index (κ1) is 11.4. The first-order valence-corrected chi connectivity index (χ1v) is 4.40. The summed E-state index contributed by atoms with van der Waals surface area (Å²) in [4.78, 5) is 10.9. The Morgan fingerprint density at radius 1 is 1.42 bits per heavy atom. The highest BCUT2D eigenvalue weighted by molar-refractivity contribution is 5.69. The molecule has 0 aliphatic rings. The summed E-state index contributed by atoms with van der Waals surface area (Å²) in [5, 5.41) is 8.90. The molecule has 0 radical (unpaired) electrons. The Kier molecular flexibility index (Phi) is 5.72. The highest BCUT2D eigenvalue weighted by Gasteiger charge is 2.05. The molecule has 1 atom stereocenters. The summed E-state index contributed by atoms with van der Waals surface area (Å²) in [5.74, 6) is -0.175. The summed E-state index contributed by atoms with van der Waals surface area (Å²) >= 11 is 0. The van der Waals surface area contributed by atoms with Gasteiger partial charge in [-0.25, -0.2) is 0 Å². The lowest BCUT2D eigenvalue weighted by Gasteiger charge is -2.07. The average Bonchev–Trinajstić information content (AvgIpc) is 1.84. The van der Waals surface area contributed by atoms with Crippen molar-refractivity contribution in [2.45, 2.75) is 52.2 Å². The zero-order chi connectivity index (χ0) is 9.56. The number of carbonyl (C=O) groups is 1. The predicted molar refractivity (Wildman–Crippen MR) is 46.8 cm³/mol. The van der Waals surface area contributed by atoms with Crippen molar-refractivity contribution in [3.63, 3.8) is 0 Å². The fraction of sp³-hybridized carbons (Fsp3) is 0.889. The number of carbonyl (C=O) groups excluding carboxylic acids is 1. The summed E-state index contributed by atoms with van der Waals surface area (Å²) in [6.45, 7) is 5.37. The summed E-state index contributed by atoms with van der Waals surface area (Å²) in [6.07, 6.45) is 1.40. The molecule has 0 aliphatic carbocycles. The molecule has 0 fully saturated rings. The molecule has 0 aromatic carbocycles. The van der Waals surface area contributed by atoms with E-state index < -0.39 is 0 Å². The molecule has 0 heterocycles. The molecular formula is C9H18O3. The van der Waals surface area contributed by atoms with Crippen LogP contribution >= 0.6 is 0 Å². The third-order valence-electron chi connectivity index (χ3n) is 1.37. The maximum absolute atomic E-state index is 10.9. The molecule has 0 amide bonds. The molecule has 0 spiro atoms. The Morgan fingerprint density at radius 2 is 2.00 bits per heavy atom. The van der Waals surface area contributed by atoms with Crippen molar-refractivity contribution in [2.75, 3.05) is 0 Å². The van der Waals surface area contributed by atoms with Crippen molar-refractivity contribution >= 4 is 5.97 Å². The maximum Gasteiger partial charge on any atom is 0.306 e. The first-order valence-electron chi connectivity index (χ1n) is 4.40. The largest absolute Gasteiger partial charge is 0.463 e. The van der Waals surface area contributed by atoms with Gasteiger partial charge >= 0.3 is 5.97 Å². The maximum atomic E-state index is 10.9. The van der Waals surface area contributed by atoms with Crippen LogP contribution < -0.4 is 0 Å². The van der Waals surface area contributed by atoms with Crippen molar-refractivity contribution in [2.24, 2.45) is 0 Å². The molecular weight excluding hydrogens is 156 g/mol. The van der Waals surface area contributed by atoms with E-state index in [0.29, 0.717) is 19.3 Å². The Hall–Kier alpha value is -0.570. The Bertz CT molecular complexity index is 130. The molecule has 0 aromatic heterocycles. The van der Waals surface area contributed by atoms with Gasteiger partial charge in [0.25, 0.3) is 0 Å². The minimum absolute atomic E-state index is 0.0379. The van der Waals surface area contributed by atoms with Gasteiger partial charge in [0.05, 0.1) is 12.2 Å². The van der Waals surface area contributed by atoms with Gasteiger partial charge in [-0.3, -0.25) is 4.79 Å². The molecule has 3 heteroatoms. The van der Waals surface area contributed by atoms with Crippen LogP contribution in [0.3, 0.4) is 0 Å². The van der Waals surface area contributed by atoms with Gasteiger partial charge in [-0.1, -0.05) is 0 Å². The summed E-state index contributed by atoms with van der Waals surface area (Å²) < 4.78 is 4.91. The smallest absolute Gasteiger partial charge is 0.306 e. The van der Waals surface area contributed by atoms with Crippen LogP contribution in [0, 0.1) is 0 Å². The Labute approximate surface area is 73.7 Å². The molecule has 0 saturated heterocycles. The van der Waals surface area contributed by atoms with E-state index in [1.165, 1.54) is 0 Å². The normalized spacial score (nSPS) is 13.1. The molecule has 1 N–H and O–H groups in total. The van der Waals surface area contributed by atoms with Crippen molar-refractivity contribution in [3.8, 4) is 0 Å². The zero-order valence-electron chi connectivity index (χ0n) is 8.04. The van der Waals surface area contributed by atoms with E-state index >= 15 is 0 Å². The van der Waals surface area contributed by atoms with Crippen LogP contribution in [-0.4, -0.2) is 23.3 Å². The third kappa shape index (κ3) is 7.54. The van der Waals surface area contributed by atoms with Gasteiger partial charge in [-0.15, -0.1) is 0 Å². The number of hydrogen-bond acceptors (Lipinski definition) is 3. The van der Waals surface area contributed by atoms with Gasteiger partial charge in [0, 0.05) is 6.42 Å². The Balaban J connectivity index is 3.32. The fourth-order valence-electron chi connectivity index (χ4n) is 0.864. The van der Waals surface area contributed by atoms with Gasteiger partial charge in [-0.2, -0.15) is 0 Å². The van der Waals surface area contributed by atoms with Crippen molar-refractivity contribution in [1.82, 2.24) is 0 Å². The fourth-order valence-corrected chi connectivity index (χ4v) is 0.864. The molecule has 0 aromatic rings. The van der Waals surface area contributed by atoms with E-state index in [-0.39, 0.29) is 18.2 Å². The van der Waals surface area contributed by atoms with Gasteiger partial charge in [0.1, 0.15) is 0 Å². The van der Waals surface area contributed by atoms with Gasteiger partial charge in [0.2, 0.25) is 0 Å². The van der Waals surface area contributed by atoms with Crippen LogP contribution in [0.2, 0.25) is 0 Å². The number of esters is 1. The lowest BCUT2D eigenvalue weighted by Crippen LogP contribution is -2.11. The predicted octanol–water partition coefficient (Wildman–Crippen LogP) is 1.49. The quantitative estimate of drug-likeness (QED) is 0.642. The molecule has 3 nitrogen and oxygen atoms in total. The topological polar surface area (TPSA) is 46.5 Å². The first-order chi connectivity index (χ1) is 5.52. The van der Waals surface area contributed by atoms with Crippen LogP contribution in [-0.2, 0) is 9.53 Å². The lowest BCUT2D eigenvalue weighted by atomic mass is 10.2. The van der Waals surface area contributed by atoms with Crippen LogP contribution in [0.4, 0.5) is 0 Å². The second kappa shape index (κ2) is 6.00. The molecule has 0 rings (SSSR count). The highest BCUT2D eigenvalue weighted by Crippen LogP contribution is 2.02. The Morgan fingerprint density at radius 3 is 2.42 bits per heavy atom. The molecule has 72 valence electrons. The highest BCUT2D eigenvalue weighted by atomic mass is 16.5. The number of ether oxygens (including phenoxy) is 1. The molecule has 1 unspecified atom stereocenters. The minimum Gasteiger partial charge on any atom is -0.463 e. The van der Waals surface area contributed by atoms with E-state index in [4.69, 9.17) is 9.84 Å². The van der Waals surface area contributed by atoms with Crippen molar-refractivity contribution in [1.29, 1.82) is 0 Å². The summed E-state index contributed by atoms with van der Waals surface area (Å²) in [7, 11) is 0. The van der Waals surface area contributed by atoms with Crippen molar-refractivity contribution < 1.29 is 14.6 Å². The van der Waals surface area contributed by atoms with Gasteiger partial charge in [0.15, 0.2) is 0 Å². The second-order valence-electron chi connectivity index (χ2n) is 3.28. The minimum atomic E-state index is -0.322. The van der Waals surface area contributed by atoms with E-state index in [0.717, 1.165) is 0 Å². The van der Waals surface area contributed by atoms with Crippen LogP contribution in [0.15, 0.2) is 0 Å². The number of aliphatic hydroxyl groups is 1. The monoisotopic (exact) mass is 174 g/mol. The van der Waals surface area contributed by atoms with E-state index in [1.54, 1.807) is 6.92 Å². The third-order valence-corrected chi connectivity index (χ3v) is 1.37. The average molecular weight is 174 g/mol. The van der Waals surface area contributed by atoms with Crippen LogP contribution in [0.5, 0.6) is 0 Å². The van der Waals surface area contributed by atoms with Crippen molar-refractivity contribution in [3.05, 3.63) is 0 Å². The number of rotatable bonds is 5. The molecule has 0 bridgehead atoms. The van der Waals surface area contributed by atoms with Crippen LogP contribution in [0.1, 0.15) is 40.0 Å². The number of hydrogen-bond donors (Lipinski definition) is 1. The SMILES string of the molecule is CC(O)CCCC(=O)OC(C)C. The molecule has 0 aliphatic heterocycles. The molecule has 0 saturated carbocycles. The standard InChI is InChI=1S/C9H18O3/c1-7(2)12-9(11)6-4-5-8(3)10/h7-8,10H,4-6H2,1-3H3. The van der Waals surface area contributed by atoms with Gasteiger partial charge < -0.3 is 9.84 Å². The van der Waals surface area contributed by atoms with E-state index in [1.807, 2.05) is 13.8 Å². The summed E-state index contributed by atoms with van der Waals surface area (Å²) in [6, 6.07) is 0. The lowest BCUT2D eigenvalue weighted by molar-refractivity contribution is -0.147. The zero-order valence-corrected chi connectivity index (χ0v) is 8.04. The molecule has 12 heavy (non-hydrogen) atoms. The number of aliphatic hydroxyl groups excluding tert-OH is 1. The van der Waals surface area contributed by atoms with E-state index in [2.05, 4.69) is 0 Å². The van der Waals surface area contributed by atoms with E-state index in [9.17, 15) is 4.79 Å².